The summed E-state index contributed by atoms with van der Waals surface area (Å²) >= 11 is 0. The highest BCUT2D eigenvalue weighted by atomic mass is 32.2. The fourth-order valence-electron chi connectivity index (χ4n) is 2.77. The van der Waals surface area contributed by atoms with Gasteiger partial charge in [-0.05, 0) is 29.8 Å². The zero-order chi connectivity index (χ0) is 22.4. The Morgan fingerprint density at radius 3 is 2.55 bits per heavy atom. The van der Waals surface area contributed by atoms with E-state index in [1.165, 1.54) is 38.5 Å². The molecule has 0 fully saturated rings. The van der Waals surface area contributed by atoms with Gasteiger partial charge in [0.25, 0.3) is 0 Å². The van der Waals surface area contributed by atoms with Crippen molar-refractivity contribution in [2.45, 2.75) is 5.75 Å². The Hall–Kier alpha value is -3.91. The number of hydrogen-bond donors (Lipinski definition) is 2. The highest BCUT2D eigenvalue weighted by Crippen LogP contribution is 2.31. The second kappa shape index (κ2) is 9.27. The molecule has 2 aromatic carbocycles. The van der Waals surface area contributed by atoms with Crippen LogP contribution in [0.25, 0.3) is 11.4 Å². The van der Waals surface area contributed by atoms with Gasteiger partial charge in [-0.25, -0.2) is 8.42 Å². The Morgan fingerprint density at radius 1 is 1.16 bits per heavy atom. The van der Waals surface area contributed by atoms with Gasteiger partial charge in [0, 0.05) is 6.07 Å². The van der Waals surface area contributed by atoms with E-state index in [9.17, 15) is 13.2 Å². The van der Waals surface area contributed by atoms with Crippen molar-refractivity contribution in [1.82, 2.24) is 15.2 Å². The normalized spacial score (nSPS) is 10.9. The monoisotopic (exact) mass is 441 g/mol. The fraction of sp³-hybridized carbons (Fsp3) is 0.200. The Balaban J connectivity index is 1.66. The van der Waals surface area contributed by atoms with Crippen molar-refractivity contribution in [3.05, 3.63) is 53.6 Å². The van der Waals surface area contributed by atoms with Gasteiger partial charge in [-0.3, -0.25) is 15.2 Å². The molecule has 10 nitrogen and oxygen atoms in total. The van der Waals surface area contributed by atoms with Crippen LogP contribution >= 0.6 is 0 Å². The summed E-state index contributed by atoms with van der Waals surface area (Å²) in [5, 5.41) is 17.8. The molecule has 11 heteroatoms. The maximum Gasteiger partial charge on any atom is 0.249 e. The summed E-state index contributed by atoms with van der Waals surface area (Å²) in [7, 11) is -0.702. The molecule has 0 saturated heterocycles. The standard InChI is InChI=1S/C20H19N5O5S/c1-29-15-7-8-16(17(9-15)30-2)19-23-20(25-24-19)22-18(26)12-31(27,28)11-14-5-3-13(10-21)4-6-14/h3-9H,11-12H2,1-2H3,(H2,22,23,24,25,26). The van der Waals surface area contributed by atoms with Gasteiger partial charge in [0.05, 0.1) is 37.2 Å². The summed E-state index contributed by atoms with van der Waals surface area (Å²) in [6.07, 6.45) is 0. The predicted octanol–water partition coefficient (Wildman–Crippen LogP) is 1.91. The smallest absolute Gasteiger partial charge is 0.249 e. The van der Waals surface area contributed by atoms with Crippen molar-refractivity contribution in [3.63, 3.8) is 0 Å². The molecule has 160 valence electrons. The number of H-pyrrole nitrogens is 1. The Kier molecular flexibility index (Phi) is 6.52. The molecule has 3 aromatic rings. The number of aromatic amines is 1. The first-order chi connectivity index (χ1) is 14.8. The lowest BCUT2D eigenvalue weighted by Crippen LogP contribution is -2.24. The number of aromatic nitrogens is 3. The minimum Gasteiger partial charge on any atom is -0.497 e. The number of hydrogen-bond acceptors (Lipinski definition) is 8. The molecule has 3 rings (SSSR count). The number of anilines is 1. The molecule has 0 unspecified atom stereocenters. The maximum atomic E-state index is 12.3. The van der Waals surface area contributed by atoms with Gasteiger partial charge < -0.3 is 9.47 Å². The number of nitrogens with one attached hydrogen (secondary N) is 2. The molecule has 31 heavy (non-hydrogen) atoms. The van der Waals surface area contributed by atoms with Gasteiger partial charge in [-0.2, -0.15) is 10.2 Å². The van der Waals surface area contributed by atoms with Crippen LogP contribution in [0.15, 0.2) is 42.5 Å². The molecule has 1 aromatic heterocycles. The van der Waals surface area contributed by atoms with E-state index in [0.29, 0.717) is 34.0 Å². The van der Waals surface area contributed by atoms with Crippen LogP contribution in [-0.4, -0.2) is 49.5 Å². The lowest BCUT2D eigenvalue weighted by molar-refractivity contribution is -0.113. The van der Waals surface area contributed by atoms with Gasteiger partial charge in [-0.15, -0.1) is 5.10 Å². The third-order valence-electron chi connectivity index (χ3n) is 4.22. The summed E-state index contributed by atoms with van der Waals surface area (Å²) in [6.45, 7) is 0. The van der Waals surface area contributed by atoms with E-state index in [4.69, 9.17) is 14.7 Å². The van der Waals surface area contributed by atoms with Crippen molar-refractivity contribution >= 4 is 21.7 Å². The molecular weight excluding hydrogens is 422 g/mol. The maximum absolute atomic E-state index is 12.3. The molecule has 0 bridgehead atoms. The van der Waals surface area contributed by atoms with Crippen LogP contribution in [0.5, 0.6) is 11.5 Å². The van der Waals surface area contributed by atoms with Gasteiger partial charge in [0.2, 0.25) is 11.9 Å². The lowest BCUT2D eigenvalue weighted by atomic mass is 10.2. The third-order valence-corrected chi connectivity index (χ3v) is 5.70. The zero-order valence-electron chi connectivity index (χ0n) is 16.7. The first kappa shape index (κ1) is 21.8. The average Bonchev–Trinajstić information content (AvgIpc) is 3.20. The van der Waals surface area contributed by atoms with Crippen molar-refractivity contribution in [3.8, 4) is 29.0 Å². The molecular formula is C20H19N5O5S. The van der Waals surface area contributed by atoms with E-state index in [1.54, 1.807) is 18.2 Å². The minimum atomic E-state index is -3.73. The van der Waals surface area contributed by atoms with Crippen LogP contribution in [-0.2, 0) is 20.4 Å². The third kappa shape index (κ3) is 5.58. The number of carbonyl (C=O) groups excluding carboxylic acids is 1. The number of methoxy groups -OCH3 is 2. The number of ether oxygens (including phenoxy) is 2. The molecule has 1 amide bonds. The number of nitriles is 1. The molecule has 0 aliphatic carbocycles. The van der Waals surface area contributed by atoms with E-state index in [-0.39, 0.29) is 11.7 Å². The van der Waals surface area contributed by atoms with Crippen molar-refractivity contribution in [1.29, 1.82) is 5.26 Å². The van der Waals surface area contributed by atoms with Crippen molar-refractivity contribution < 1.29 is 22.7 Å². The Bertz CT molecular complexity index is 1230. The predicted molar refractivity (Wildman–Crippen MR) is 112 cm³/mol. The summed E-state index contributed by atoms with van der Waals surface area (Å²) in [5.41, 5.74) is 1.50. The van der Waals surface area contributed by atoms with Crippen LogP contribution in [0.4, 0.5) is 5.95 Å². The number of carbonyl (C=O) groups is 1. The van der Waals surface area contributed by atoms with Gasteiger partial charge in [0.1, 0.15) is 17.3 Å². The van der Waals surface area contributed by atoms with Gasteiger partial charge in [-0.1, -0.05) is 12.1 Å². The van der Waals surface area contributed by atoms with Crippen LogP contribution in [0.2, 0.25) is 0 Å². The molecule has 0 radical (unpaired) electrons. The highest BCUT2D eigenvalue weighted by Gasteiger charge is 2.19. The SMILES string of the molecule is COc1ccc(-c2nc(NC(=O)CS(=O)(=O)Cc3ccc(C#N)cc3)n[nH]2)c(OC)c1. The van der Waals surface area contributed by atoms with E-state index >= 15 is 0 Å². The summed E-state index contributed by atoms with van der Waals surface area (Å²) in [6, 6.07) is 13.2. The number of benzene rings is 2. The van der Waals surface area contributed by atoms with Crippen LogP contribution in [0.1, 0.15) is 11.1 Å². The van der Waals surface area contributed by atoms with Crippen LogP contribution < -0.4 is 14.8 Å². The number of rotatable bonds is 8. The number of sulfone groups is 1. The molecule has 0 spiro atoms. The molecule has 0 aliphatic heterocycles. The molecule has 1 heterocycles. The molecule has 0 aliphatic rings. The molecule has 0 atom stereocenters. The van der Waals surface area contributed by atoms with E-state index in [0.717, 1.165) is 0 Å². The van der Waals surface area contributed by atoms with E-state index < -0.39 is 21.5 Å². The fourth-order valence-corrected chi connectivity index (χ4v) is 4.05. The largest absolute Gasteiger partial charge is 0.497 e. The first-order valence-electron chi connectivity index (χ1n) is 8.97. The summed E-state index contributed by atoms with van der Waals surface area (Å²) < 4.78 is 35.1. The van der Waals surface area contributed by atoms with E-state index in [2.05, 4.69) is 20.5 Å². The van der Waals surface area contributed by atoms with E-state index in [1.807, 2.05) is 6.07 Å². The minimum absolute atomic E-state index is 0.0635. The topological polar surface area (TPSA) is 147 Å². The Labute approximate surface area is 178 Å². The Morgan fingerprint density at radius 2 is 1.90 bits per heavy atom. The van der Waals surface area contributed by atoms with Gasteiger partial charge in [0.15, 0.2) is 15.7 Å². The van der Waals surface area contributed by atoms with Crippen molar-refractivity contribution in [2.24, 2.45) is 0 Å². The lowest BCUT2D eigenvalue weighted by Gasteiger charge is -2.07. The first-order valence-corrected chi connectivity index (χ1v) is 10.8. The summed E-state index contributed by atoms with van der Waals surface area (Å²) in [4.78, 5) is 16.4. The number of nitrogens with zero attached hydrogens (tertiary/aromatic N) is 3. The van der Waals surface area contributed by atoms with Gasteiger partial charge >= 0.3 is 0 Å². The quantitative estimate of drug-likeness (QED) is 0.539. The number of amides is 1. The molecule has 0 saturated carbocycles. The second-order valence-electron chi connectivity index (χ2n) is 6.46. The zero-order valence-corrected chi connectivity index (χ0v) is 17.6. The summed E-state index contributed by atoms with van der Waals surface area (Å²) in [5.74, 6) is -0.473. The highest BCUT2D eigenvalue weighted by molar-refractivity contribution is 7.91. The average molecular weight is 441 g/mol. The molecule has 2 N–H and O–H groups in total. The second-order valence-corrected chi connectivity index (χ2v) is 8.53. The van der Waals surface area contributed by atoms with Crippen LogP contribution in [0.3, 0.4) is 0 Å². The van der Waals surface area contributed by atoms with Crippen LogP contribution in [0, 0.1) is 11.3 Å². The van der Waals surface area contributed by atoms with Crippen molar-refractivity contribution in [2.75, 3.05) is 25.3 Å².